The van der Waals surface area contributed by atoms with Crippen molar-refractivity contribution in [1.82, 2.24) is 20.0 Å². The molecule has 1 saturated carbocycles. The summed E-state index contributed by atoms with van der Waals surface area (Å²) in [6.45, 7) is 5.86. The quantitative estimate of drug-likeness (QED) is 0.801. The minimum Gasteiger partial charge on any atom is -0.352 e. The van der Waals surface area contributed by atoms with Crippen LogP contribution in [0.4, 0.5) is 0 Å². The van der Waals surface area contributed by atoms with Gasteiger partial charge in [-0.1, -0.05) is 19.3 Å². The molecule has 0 unspecified atom stereocenters. The lowest BCUT2D eigenvalue weighted by Gasteiger charge is -2.38. The lowest BCUT2D eigenvalue weighted by atomic mass is 9.95. The Bertz CT molecular complexity index is 399. The highest BCUT2D eigenvalue weighted by atomic mass is 16.2. The number of hydrogen-bond donors (Lipinski definition) is 1. The molecule has 6 nitrogen and oxygen atoms in total. The van der Waals surface area contributed by atoms with Crippen LogP contribution < -0.4 is 5.32 Å². The summed E-state index contributed by atoms with van der Waals surface area (Å²) in [5.74, 6) is 0.302. The molecule has 1 aliphatic heterocycles. The highest BCUT2D eigenvalue weighted by Crippen LogP contribution is 2.18. The number of carbonyl (C=O) groups excluding carboxylic acids is 2. The van der Waals surface area contributed by atoms with Gasteiger partial charge in [-0.05, 0) is 19.8 Å². The van der Waals surface area contributed by atoms with E-state index in [0.717, 1.165) is 39.0 Å². The Balaban J connectivity index is 1.73. The molecule has 0 spiro atoms. The fourth-order valence-electron chi connectivity index (χ4n) is 3.38. The largest absolute Gasteiger partial charge is 0.352 e. The molecule has 23 heavy (non-hydrogen) atoms. The number of nitrogens with one attached hydrogen (secondary N) is 1. The van der Waals surface area contributed by atoms with Crippen molar-refractivity contribution in [2.24, 2.45) is 0 Å². The van der Waals surface area contributed by atoms with E-state index in [-0.39, 0.29) is 17.9 Å². The Labute approximate surface area is 140 Å². The van der Waals surface area contributed by atoms with Gasteiger partial charge in [0, 0.05) is 46.3 Å². The van der Waals surface area contributed by atoms with E-state index in [9.17, 15) is 9.59 Å². The van der Waals surface area contributed by atoms with Crippen molar-refractivity contribution in [2.75, 3.05) is 46.8 Å². The van der Waals surface area contributed by atoms with Crippen LogP contribution in [-0.4, -0.2) is 85.4 Å². The Morgan fingerprint density at radius 3 is 2.26 bits per heavy atom. The monoisotopic (exact) mass is 324 g/mol. The molecule has 1 aliphatic carbocycles. The Hall–Kier alpha value is -1.14. The van der Waals surface area contributed by atoms with Gasteiger partial charge >= 0.3 is 0 Å². The first-order chi connectivity index (χ1) is 11.0. The zero-order valence-corrected chi connectivity index (χ0v) is 14.9. The molecule has 0 aromatic carbocycles. The summed E-state index contributed by atoms with van der Waals surface area (Å²) in [6.07, 6.45) is 6.02. The van der Waals surface area contributed by atoms with Crippen molar-refractivity contribution in [3.05, 3.63) is 0 Å². The lowest BCUT2D eigenvalue weighted by Crippen LogP contribution is -2.56. The third-order valence-corrected chi connectivity index (χ3v) is 5.14. The summed E-state index contributed by atoms with van der Waals surface area (Å²) >= 11 is 0. The minimum absolute atomic E-state index is 0.0800. The number of carbonyl (C=O) groups is 2. The van der Waals surface area contributed by atoms with Gasteiger partial charge in [0.15, 0.2) is 0 Å². The van der Waals surface area contributed by atoms with Gasteiger partial charge in [0.2, 0.25) is 11.8 Å². The van der Waals surface area contributed by atoms with Crippen LogP contribution in [0.15, 0.2) is 0 Å². The van der Waals surface area contributed by atoms with Gasteiger partial charge in [0.25, 0.3) is 0 Å². The second-order valence-corrected chi connectivity index (χ2v) is 7.12. The summed E-state index contributed by atoms with van der Waals surface area (Å²) in [4.78, 5) is 30.2. The van der Waals surface area contributed by atoms with Gasteiger partial charge in [-0.3, -0.25) is 19.4 Å². The number of likely N-dealkylation sites (N-methyl/N-ethyl adjacent to an activating group) is 1. The second-order valence-electron chi connectivity index (χ2n) is 7.12. The van der Waals surface area contributed by atoms with Crippen molar-refractivity contribution in [3.63, 3.8) is 0 Å². The second kappa shape index (κ2) is 8.64. The number of hydrogen-bond acceptors (Lipinski definition) is 4. The molecule has 132 valence electrons. The summed E-state index contributed by atoms with van der Waals surface area (Å²) in [5, 5.41) is 3.22. The highest BCUT2D eigenvalue weighted by molar-refractivity contribution is 5.81. The smallest absolute Gasteiger partial charge is 0.237 e. The van der Waals surface area contributed by atoms with Crippen LogP contribution in [-0.2, 0) is 9.59 Å². The van der Waals surface area contributed by atoms with Gasteiger partial charge in [-0.2, -0.15) is 0 Å². The predicted molar refractivity (Wildman–Crippen MR) is 91.2 cm³/mol. The maximum Gasteiger partial charge on any atom is 0.237 e. The first-order valence-corrected chi connectivity index (χ1v) is 8.94. The molecule has 1 atom stereocenters. The summed E-state index contributed by atoms with van der Waals surface area (Å²) in [7, 11) is 3.58. The molecule has 2 aliphatic rings. The van der Waals surface area contributed by atoms with Crippen molar-refractivity contribution in [2.45, 2.75) is 51.1 Å². The average Bonchev–Trinajstić information content (AvgIpc) is 2.55. The number of nitrogens with zero attached hydrogens (tertiary/aromatic N) is 3. The molecule has 1 heterocycles. The third-order valence-electron chi connectivity index (χ3n) is 5.14. The van der Waals surface area contributed by atoms with Crippen LogP contribution in [0.1, 0.15) is 39.0 Å². The molecular formula is C17H32N4O2. The normalized spacial score (nSPS) is 22.6. The van der Waals surface area contributed by atoms with E-state index in [1.807, 2.05) is 6.92 Å². The van der Waals surface area contributed by atoms with E-state index in [2.05, 4.69) is 15.1 Å². The van der Waals surface area contributed by atoms with Crippen molar-refractivity contribution in [3.8, 4) is 0 Å². The van der Waals surface area contributed by atoms with Crippen molar-refractivity contribution in [1.29, 1.82) is 0 Å². The fourth-order valence-corrected chi connectivity index (χ4v) is 3.38. The van der Waals surface area contributed by atoms with E-state index in [1.54, 1.807) is 19.0 Å². The Morgan fingerprint density at radius 1 is 1.09 bits per heavy atom. The van der Waals surface area contributed by atoms with Gasteiger partial charge in [0.1, 0.15) is 0 Å². The van der Waals surface area contributed by atoms with Crippen LogP contribution in [0, 0.1) is 0 Å². The van der Waals surface area contributed by atoms with E-state index in [1.165, 1.54) is 19.3 Å². The van der Waals surface area contributed by atoms with Gasteiger partial charge in [-0.15, -0.1) is 0 Å². The maximum atomic E-state index is 12.4. The predicted octanol–water partition coefficient (Wildman–Crippen LogP) is 0.530. The SMILES string of the molecule is C[C@@H](C(=O)NC1CCCCC1)N1CCN(CC(=O)N(C)C)CC1. The van der Waals surface area contributed by atoms with Crippen molar-refractivity contribution >= 4 is 11.8 Å². The van der Waals surface area contributed by atoms with Crippen LogP contribution in [0.2, 0.25) is 0 Å². The van der Waals surface area contributed by atoms with Crippen LogP contribution in [0.3, 0.4) is 0 Å². The number of amides is 2. The molecule has 1 N–H and O–H groups in total. The van der Waals surface area contributed by atoms with E-state index in [0.29, 0.717) is 12.6 Å². The average molecular weight is 324 g/mol. The molecule has 0 bridgehead atoms. The first-order valence-electron chi connectivity index (χ1n) is 8.94. The summed E-state index contributed by atoms with van der Waals surface area (Å²) in [6, 6.07) is 0.293. The van der Waals surface area contributed by atoms with E-state index in [4.69, 9.17) is 0 Å². The molecule has 2 rings (SSSR count). The first kappa shape index (κ1) is 18.2. The van der Waals surface area contributed by atoms with Crippen LogP contribution in [0.25, 0.3) is 0 Å². The van der Waals surface area contributed by atoms with E-state index < -0.39 is 0 Å². The van der Waals surface area contributed by atoms with Crippen molar-refractivity contribution < 1.29 is 9.59 Å². The lowest BCUT2D eigenvalue weighted by molar-refractivity contribution is -0.132. The molecule has 2 fully saturated rings. The standard InChI is InChI=1S/C17H32N4O2/c1-14(17(23)18-15-7-5-4-6-8-15)21-11-9-20(10-12-21)13-16(22)19(2)3/h14-15H,4-13H2,1-3H3,(H,18,23)/t14-/m0/s1. The molecule has 6 heteroatoms. The van der Waals surface area contributed by atoms with Gasteiger partial charge < -0.3 is 10.2 Å². The summed E-state index contributed by atoms with van der Waals surface area (Å²) in [5.41, 5.74) is 0. The minimum atomic E-state index is -0.0800. The molecule has 0 aromatic heterocycles. The number of piperazine rings is 1. The van der Waals surface area contributed by atoms with Crippen LogP contribution in [0.5, 0.6) is 0 Å². The zero-order valence-electron chi connectivity index (χ0n) is 14.9. The molecule has 2 amide bonds. The van der Waals surface area contributed by atoms with Gasteiger partial charge in [-0.25, -0.2) is 0 Å². The molecular weight excluding hydrogens is 292 g/mol. The highest BCUT2D eigenvalue weighted by Gasteiger charge is 2.27. The third kappa shape index (κ3) is 5.46. The molecule has 0 aromatic rings. The molecule has 1 saturated heterocycles. The zero-order chi connectivity index (χ0) is 16.8. The number of rotatable bonds is 5. The van der Waals surface area contributed by atoms with E-state index >= 15 is 0 Å². The summed E-state index contributed by atoms with van der Waals surface area (Å²) < 4.78 is 0. The molecule has 0 radical (unpaired) electrons. The van der Waals surface area contributed by atoms with Crippen LogP contribution >= 0.6 is 0 Å². The Morgan fingerprint density at radius 2 is 1.70 bits per heavy atom. The Kier molecular flexibility index (Phi) is 6.84. The maximum absolute atomic E-state index is 12.4. The topological polar surface area (TPSA) is 55.9 Å². The fraction of sp³-hybridized carbons (Fsp3) is 0.882. The van der Waals surface area contributed by atoms with Gasteiger partial charge in [0.05, 0.1) is 12.6 Å².